The molecule has 5 rings (SSSR count). The molecular weight excluding hydrogens is 1090 g/mol. The molecule has 1 aromatic rings. The minimum Gasteiger partial charge on any atom is -0.480 e. The molecule has 85 heavy (non-hydrogen) atoms. The topological polar surface area (TPSA) is 270 Å². The van der Waals surface area contributed by atoms with E-state index >= 15 is 4.79 Å². The summed E-state index contributed by atoms with van der Waals surface area (Å²) in [5.41, 5.74) is 0.551. The zero-order chi connectivity index (χ0) is 63.4. The summed E-state index contributed by atoms with van der Waals surface area (Å²) in [7, 11) is 10.4. The smallest absolute Gasteiger partial charge is 0.323 e. The van der Waals surface area contributed by atoms with Gasteiger partial charge in [0.15, 0.2) is 0 Å². The summed E-state index contributed by atoms with van der Waals surface area (Å²) in [6.45, 7) is 13.0. The summed E-state index contributed by atoms with van der Waals surface area (Å²) in [4.78, 5) is 167. The van der Waals surface area contributed by atoms with Crippen LogP contribution in [-0.2, 0) is 59.2 Å². The maximum absolute atomic E-state index is 15.1. The molecule has 10 amide bonds. The maximum atomic E-state index is 15.1. The number of carbonyl (C=O) groups excluding carboxylic acids is 10. The van der Waals surface area contributed by atoms with Crippen molar-refractivity contribution in [2.24, 2.45) is 17.8 Å². The Kier molecular flexibility index (Phi) is 24.9. The first kappa shape index (κ1) is 69.1. The third-order valence-electron chi connectivity index (χ3n) is 18.4. The average Bonchev–Trinajstić information content (AvgIpc) is 3.26. The summed E-state index contributed by atoms with van der Waals surface area (Å²) < 4.78 is 0. The molecule has 2 heterocycles. The van der Waals surface area contributed by atoms with Crippen molar-refractivity contribution in [3.05, 3.63) is 35.4 Å². The van der Waals surface area contributed by atoms with E-state index in [2.05, 4.69) is 16.0 Å². The number of carboxylic acid groups (broad SMARTS) is 1. The number of amides is 10. The first-order valence-corrected chi connectivity index (χ1v) is 30.8. The third-order valence-corrected chi connectivity index (χ3v) is 18.4. The van der Waals surface area contributed by atoms with Crippen LogP contribution in [0, 0.1) is 24.7 Å². The van der Waals surface area contributed by atoms with E-state index in [1.54, 1.807) is 20.9 Å². The number of aryl methyl sites for hydroxylation is 1. The van der Waals surface area contributed by atoms with E-state index in [0.29, 0.717) is 45.1 Å². The average molecular weight is 1190 g/mol. The van der Waals surface area contributed by atoms with Gasteiger partial charge in [-0.3, -0.25) is 52.7 Å². The van der Waals surface area contributed by atoms with Gasteiger partial charge in [-0.15, -0.1) is 0 Å². The van der Waals surface area contributed by atoms with E-state index in [4.69, 9.17) is 0 Å². The highest BCUT2D eigenvalue weighted by molar-refractivity contribution is 6.00. The molecule has 4 fully saturated rings. The quantitative estimate of drug-likeness (QED) is 0.0942. The summed E-state index contributed by atoms with van der Waals surface area (Å²) in [5, 5.41) is 18.8. The maximum Gasteiger partial charge on any atom is 0.323 e. The number of nitrogens with one attached hydrogen (secondary N) is 3. The summed E-state index contributed by atoms with van der Waals surface area (Å²) in [5.74, 6) is -7.20. The van der Waals surface area contributed by atoms with Crippen LogP contribution in [0.3, 0.4) is 0 Å². The van der Waals surface area contributed by atoms with Gasteiger partial charge in [-0.1, -0.05) is 89.6 Å². The highest BCUT2D eigenvalue weighted by Gasteiger charge is 2.51. The van der Waals surface area contributed by atoms with Crippen molar-refractivity contribution < 1.29 is 57.8 Å². The lowest BCUT2D eigenvalue weighted by Gasteiger charge is -2.45. The lowest BCUT2D eigenvalue weighted by atomic mass is 9.90. The zero-order valence-electron chi connectivity index (χ0n) is 53.1. The predicted molar refractivity (Wildman–Crippen MR) is 320 cm³/mol. The Labute approximate surface area is 503 Å². The molecule has 1 aromatic carbocycles. The second kappa shape index (κ2) is 30.6. The largest absolute Gasteiger partial charge is 0.480 e. The zero-order valence-corrected chi connectivity index (χ0v) is 53.1. The lowest BCUT2D eigenvalue weighted by Crippen LogP contribution is -2.65. The normalized spacial score (nSPS) is 19.9. The second-order valence-electron chi connectivity index (χ2n) is 25.1. The van der Waals surface area contributed by atoms with Gasteiger partial charge in [-0.05, 0) is 102 Å². The van der Waals surface area contributed by atoms with Crippen molar-refractivity contribution in [3.8, 4) is 0 Å². The van der Waals surface area contributed by atoms with Gasteiger partial charge in [0.1, 0.15) is 54.4 Å². The van der Waals surface area contributed by atoms with Crippen molar-refractivity contribution in [1.29, 1.82) is 0 Å². The van der Waals surface area contributed by atoms with E-state index in [1.807, 2.05) is 52.0 Å². The minimum atomic E-state index is -1.34. The molecule has 2 aliphatic carbocycles. The Balaban J connectivity index is 1.33. The molecule has 2 aliphatic heterocycles. The molecule has 0 spiro atoms. The highest BCUT2D eigenvalue weighted by atomic mass is 16.4. The highest BCUT2D eigenvalue weighted by Crippen LogP contribution is 2.37. The van der Waals surface area contributed by atoms with Gasteiger partial charge in [-0.25, -0.2) is 0 Å². The number of likely N-dealkylation sites (tertiary alicyclic amines) is 1. The van der Waals surface area contributed by atoms with Gasteiger partial charge in [0.25, 0.3) is 0 Å². The van der Waals surface area contributed by atoms with Crippen LogP contribution in [0.4, 0.5) is 0 Å². The van der Waals surface area contributed by atoms with Crippen molar-refractivity contribution in [2.45, 2.75) is 199 Å². The van der Waals surface area contributed by atoms with Gasteiger partial charge in [0.05, 0.1) is 12.5 Å². The third kappa shape index (κ3) is 16.7. The molecule has 4 aliphatic rings. The Morgan fingerprint density at radius 1 is 0.718 bits per heavy atom. The first-order chi connectivity index (χ1) is 40.0. The van der Waals surface area contributed by atoms with E-state index in [-0.39, 0.29) is 56.0 Å². The molecule has 0 aromatic heterocycles. The van der Waals surface area contributed by atoms with Crippen molar-refractivity contribution in [3.63, 3.8) is 0 Å². The lowest BCUT2D eigenvalue weighted by molar-refractivity contribution is -0.161. The molecule has 0 unspecified atom stereocenters. The van der Waals surface area contributed by atoms with Crippen LogP contribution in [0.2, 0.25) is 0 Å². The second-order valence-corrected chi connectivity index (χ2v) is 25.1. The number of carboxylic acids is 1. The van der Waals surface area contributed by atoms with E-state index in [0.717, 1.165) is 48.1 Å². The van der Waals surface area contributed by atoms with Crippen LogP contribution >= 0.6 is 0 Å². The van der Waals surface area contributed by atoms with Gasteiger partial charge in [0.2, 0.25) is 59.1 Å². The van der Waals surface area contributed by atoms with Gasteiger partial charge >= 0.3 is 5.97 Å². The van der Waals surface area contributed by atoms with Crippen LogP contribution in [0.15, 0.2) is 24.3 Å². The molecule has 0 bridgehead atoms. The van der Waals surface area contributed by atoms with Crippen LogP contribution in [-0.4, -0.2) is 239 Å². The molecule has 9 atom stereocenters. The van der Waals surface area contributed by atoms with E-state index in [9.17, 15) is 53.1 Å². The standard InChI is InChI=1S/C62H99N11O12/c1-15-40(6)51(59(83)68(11)41(7)55(79)73-33-29-45(73)58(82)72(16-2)48(57(81)67(10)37-50(75)76)35-42-27-25-39(5)26-28-42)64-54(78)46(34-38(3)4)69(12)49(74)36-47(56(80)66(8)9)70(13)60(84)52(43-22-17-18-23-43)71(14)61(85)62(30-19-20-31-62)65-53(77)44-24-21-32-63-44/h25-28,38,40-41,43-48,51-52,63H,15-24,29-37H2,1-14H3,(H,64,78)(H,65,77)(H,75,76)/t40-,41-,44-,45-,46-,47-,48-,51-,52-/m0/s1. The fourth-order valence-corrected chi connectivity index (χ4v) is 12.6. The van der Waals surface area contributed by atoms with Gasteiger partial charge in [0, 0.05) is 68.8 Å². The summed E-state index contributed by atoms with van der Waals surface area (Å²) >= 11 is 0. The Hall–Kier alpha value is -6.65. The first-order valence-electron chi connectivity index (χ1n) is 30.8. The molecule has 2 saturated carbocycles. The Bertz CT molecular complexity index is 2560. The predicted octanol–water partition coefficient (Wildman–Crippen LogP) is 2.65. The fraction of sp³-hybridized carbons (Fsp3) is 0.726. The number of benzene rings is 1. The Morgan fingerprint density at radius 2 is 1.34 bits per heavy atom. The molecular formula is C62H99N11O12. The van der Waals surface area contributed by atoms with Crippen molar-refractivity contribution in [2.75, 3.05) is 75.5 Å². The number of likely N-dealkylation sites (N-methyl/N-ethyl adjacent to an activating group) is 7. The van der Waals surface area contributed by atoms with Crippen LogP contribution in [0.1, 0.15) is 143 Å². The molecule has 23 nitrogen and oxygen atoms in total. The number of nitrogens with zero attached hydrogens (tertiary/aromatic N) is 8. The molecule has 23 heteroatoms. The van der Waals surface area contributed by atoms with Crippen molar-refractivity contribution in [1.82, 2.24) is 55.1 Å². The summed E-state index contributed by atoms with van der Waals surface area (Å²) in [6, 6.07) is -0.797. The minimum absolute atomic E-state index is 0.0831. The van der Waals surface area contributed by atoms with Crippen LogP contribution in [0.25, 0.3) is 0 Å². The summed E-state index contributed by atoms with van der Waals surface area (Å²) in [6.07, 6.45) is 7.27. The monoisotopic (exact) mass is 1190 g/mol. The number of rotatable bonds is 28. The van der Waals surface area contributed by atoms with Crippen molar-refractivity contribution >= 4 is 65.0 Å². The molecule has 474 valence electrons. The van der Waals surface area contributed by atoms with Crippen LogP contribution in [0.5, 0.6) is 0 Å². The Morgan fingerprint density at radius 3 is 1.86 bits per heavy atom. The molecule has 2 saturated heterocycles. The number of carbonyl (C=O) groups is 11. The molecule has 0 radical (unpaired) electrons. The number of hydrogen-bond acceptors (Lipinski definition) is 12. The van der Waals surface area contributed by atoms with Gasteiger partial charge in [-0.2, -0.15) is 0 Å². The van der Waals surface area contributed by atoms with Gasteiger partial charge < -0.3 is 60.3 Å². The van der Waals surface area contributed by atoms with Crippen LogP contribution < -0.4 is 16.0 Å². The molecule has 4 N–H and O–H groups in total. The SMILES string of the molecule is CC[C@H](C)[C@H](NC(=O)[C@H](CC(C)C)N(C)C(=O)C[C@@H](C(=O)N(C)C)N(C)C(=O)[C@H](C1CCCC1)N(C)C(=O)C1(NC(=O)[C@@H]2CCCN2)CCCC1)C(=O)N(C)[C@@H](C)C(=O)N1CC[C@H]1C(=O)N(CC)[C@@H](Cc1ccc(C)cc1)C(=O)N(C)CC(=O)O. The van der Waals surface area contributed by atoms with E-state index in [1.165, 1.54) is 83.5 Å². The number of aliphatic carboxylic acids is 1. The van der Waals surface area contributed by atoms with E-state index < -0.39 is 126 Å². The number of hydrogen-bond donors (Lipinski definition) is 4. The fourth-order valence-electron chi connectivity index (χ4n) is 12.6.